The molecule has 2 heterocycles. The standard InChI is InChI=1S/C15H16N4O2/c1-10-9-13(17-14(20)12-7-8-16-18-12)15(21)19(10)11-5-3-2-4-6-11/h2-8,10,13H,9H2,1H3,(H,16,18)(H,17,20)/t10-,13-/m0/s1. The van der Waals surface area contributed by atoms with Gasteiger partial charge >= 0.3 is 0 Å². The van der Waals surface area contributed by atoms with Crippen molar-refractivity contribution in [2.24, 2.45) is 0 Å². The van der Waals surface area contributed by atoms with Crippen molar-refractivity contribution in [1.82, 2.24) is 15.5 Å². The number of nitrogens with one attached hydrogen (secondary N) is 2. The van der Waals surface area contributed by atoms with Crippen molar-refractivity contribution in [2.45, 2.75) is 25.4 Å². The lowest BCUT2D eigenvalue weighted by Gasteiger charge is -2.21. The maximum Gasteiger partial charge on any atom is 0.269 e. The zero-order valence-electron chi connectivity index (χ0n) is 11.6. The van der Waals surface area contributed by atoms with Crippen LogP contribution in [0.3, 0.4) is 0 Å². The maximum atomic E-state index is 12.5. The molecule has 2 N–H and O–H groups in total. The lowest BCUT2D eigenvalue weighted by molar-refractivity contribution is -0.118. The molecule has 21 heavy (non-hydrogen) atoms. The van der Waals surface area contributed by atoms with Crippen LogP contribution in [-0.2, 0) is 4.79 Å². The summed E-state index contributed by atoms with van der Waals surface area (Å²) in [7, 11) is 0. The molecule has 2 atom stereocenters. The van der Waals surface area contributed by atoms with Crippen molar-refractivity contribution in [1.29, 1.82) is 0 Å². The predicted molar refractivity (Wildman–Crippen MR) is 77.8 cm³/mol. The van der Waals surface area contributed by atoms with Gasteiger partial charge in [-0.25, -0.2) is 0 Å². The molecule has 1 saturated heterocycles. The number of hydrogen-bond donors (Lipinski definition) is 2. The highest BCUT2D eigenvalue weighted by atomic mass is 16.2. The second-order valence-corrected chi connectivity index (χ2v) is 5.12. The Bertz CT molecular complexity index is 639. The Labute approximate surface area is 122 Å². The van der Waals surface area contributed by atoms with E-state index in [-0.39, 0.29) is 17.9 Å². The molecule has 1 aliphatic rings. The van der Waals surface area contributed by atoms with Gasteiger partial charge in [-0.3, -0.25) is 14.7 Å². The van der Waals surface area contributed by atoms with Gasteiger partial charge in [0.05, 0.1) is 0 Å². The third kappa shape index (κ3) is 2.52. The molecule has 6 heteroatoms. The van der Waals surface area contributed by atoms with E-state index in [1.54, 1.807) is 11.0 Å². The molecule has 0 aliphatic carbocycles. The van der Waals surface area contributed by atoms with Gasteiger partial charge in [0.1, 0.15) is 11.7 Å². The van der Waals surface area contributed by atoms with Crippen molar-refractivity contribution in [3.05, 3.63) is 48.3 Å². The summed E-state index contributed by atoms with van der Waals surface area (Å²) in [4.78, 5) is 26.2. The van der Waals surface area contributed by atoms with Gasteiger partial charge in [-0.1, -0.05) is 18.2 Å². The summed E-state index contributed by atoms with van der Waals surface area (Å²) in [5.74, 6) is -0.394. The van der Waals surface area contributed by atoms with Crippen molar-refractivity contribution in [2.75, 3.05) is 4.90 Å². The number of aromatic nitrogens is 2. The summed E-state index contributed by atoms with van der Waals surface area (Å²) >= 11 is 0. The van der Waals surface area contributed by atoms with Crippen LogP contribution in [0.5, 0.6) is 0 Å². The highest BCUT2D eigenvalue weighted by Gasteiger charge is 2.38. The lowest BCUT2D eigenvalue weighted by Crippen LogP contribution is -2.42. The quantitative estimate of drug-likeness (QED) is 0.892. The van der Waals surface area contributed by atoms with Gasteiger partial charge < -0.3 is 10.2 Å². The van der Waals surface area contributed by atoms with Crippen LogP contribution in [0.2, 0.25) is 0 Å². The fourth-order valence-electron chi connectivity index (χ4n) is 2.64. The Balaban J connectivity index is 1.75. The highest BCUT2D eigenvalue weighted by Crippen LogP contribution is 2.26. The Morgan fingerprint density at radius 2 is 2.10 bits per heavy atom. The van der Waals surface area contributed by atoms with E-state index < -0.39 is 6.04 Å². The average molecular weight is 284 g/mol. The van der Waals surface area contributed by atoms with E-state index in [0.717, 1.165) is 5.69 Å². The Kier molecular flexibility index (Phi) is 3.43. The maximum absolute atomic E-state index is 12.5. The molecule has 2 amide bonds. The largest absolute Gasteiger partial charge is 0.339 e. The number of amides is 2. The fraction of sp³-hybridized carbons (Fsp3) is 0.267. The zero-order chi connectivity index (χ0) is 14.8. The SMILES string of the molecule is C[C@H]1C[C@H](NC(=O)c2ccn[nH]2)C(=O)N1c1ccccc1. The number of para-hydroxylation sites is 1. The summed E-state index contributed by atoms with van der Waals surface area (Å²) in [6.45, 7) is 1.98. The Morgan fingerprint density at radius 3 is 2.76 bits per heavy atom. The third-order valence-corrected chi connectivity index (χ3v) is 3.64. The summed E-state index contributed by atoms with van der Waals surface area (Å²) in [6, 6.07) is 10.6. The monoisotopic (exact) mass is 284 g/mol. The Hall–Kier alpha value is -2.63. The molecule has 1 aromatic heterocycles. The lowest BCUT2D eigenvalue weighted by atomic mass is 10.2. The molecule has 0 unspecified atom stereocenters. The summed E-state index contributed by atoms with van der Waals surface area (Å²) in [5.41, 5.74) is 1.21. The molecule has 0 spiro atoms. The first-order chi connectivity index (χ1) is 10.2. The van der Waals surface area contributed by atoms with Gasteiger partial charge in [0.15, 0.2) is 0 Å². The molecule has 2 aromatic rings. The number of hydrogen-bond acceptors (Lipinski definition) is 3. The zero-order valence-corrected chi connectivity index (χ0v) is 11.6. The van der Waals surface area contributed by atoms with Crippen LogP contribution >= 0.6 is 0 Å². The van der Waals surface area contributed by atoms with E-state index in [0.29, 0.717) is 12.1 Å². The second kappa shape index (κ2) is 5.40. The number of nitrogens with zero attached hydrogens (tertiary/aromatic N) is 2. The highest BCUT2D eigenvalue weighted by molar-refractivity contribution is 6.03. The van der Waals surface area contributed by atoms with Crippen LogP contribution < -0.4 is 10.2 Å². The van der Waals surface area contributed by atoms with Crippen LogP contribution in [0.25, 0.3) is 0 Å². The van der Waals surface area contributed by atoms with Crippen LogP contribution in [0, 0.1) is 0 Å². The molecule has 1 aromatic carbocycles. The first-order valence-corrected chi connectivity index (χ1v) is 6.85. The van der Waals surface area contributed by atoms with E-state index in [4.69, 9.17) is 0 Å². The summed E-state index contributed by atoms with van der Waals surface area (Å²) < 4.78 is 0. The summed E-state index contributed by atoms with van der Waals surface area (Å²) in [5, 5.41) is 9.09. The molecule has 3 rings (SSSR count). The van der Waals surface area contributed by atoms with E-state index in [1.165, 1.54) is 6.20 Å². The number of rotatable bonds is 3. The minimum Gasteiger partial charge on any atom is -0.339 e. The number of aromatic amines is 1. The molecule has 6 nitrogen and oxygen atoms in total. The topological polar surface area (TPSA) is 78.1 Å². The van der Waals surface area contributed by atoms with Gasteiger partial charge in [-0.05, 0) is 31.5 Å². The van der Waals surface area contributed by atoms with Crippen LogP contribution in [0.4, 0.5) is 5.69 Å². The molecular formula is C15H16N4O2. The number of anilines is 1. The first kappa shape index (κ1) is 13.4. The van der Waals surface area contributed by atoms with Gasteiger partial charge in [-0.15, -0.1) is 0 Å². The summed E-state index contributed by atoms with van der Waals surface area (Å²) in [6.07, 6.45) is 2.10. The third-order valence-electron chi connectivity index (χ3n) is 3.64. The Morgan fingerprint density at radius 1 is 1.33 bits per heavy atom. The normalized spacial score (nSPS) is 21.6. The van der Waals surface area contributed by atoms with Crippen LogP contribution in [-0.4, -0.2) is 34.1 Å². The number of H-pyrrole nitrogens is 1. The predicted octanol–water partition coefficient (Wildman–Crippen LogP) is 1.33. The minimum absolute atomic E-state index is 0.0481. The van der Waals surface area contributed by atoms with Gasteiger partial charge in [-0.2, -0.15) is 5.10 Å². The van der Waals surface area contributed by atoms with Gasteiger partial charge in [0.2, 0.25) is 5.91 Å². The second-order valence-electron chi connectivity index (χ2n) is 5.12. The molecular weight excluding hydrogens is 268 g/mol. The molecule has 0 radical (unpaired) electrons. The smallest absolute Gasteiger partial charge is 0.269 e. The number of benzene rings is 1. The van der Waals surface area contributed by atoms with E-state index in [2.05, 4.69) is 15.5 Å². The molecule has 0 saturated carbocycles. The molecule has 0 bridgehead atoms. The van der Waals surface area contributed by atoms with Gasteiger partial charge in [0.25, 0.3) is 5.91 Å². The fourth-order valence-corrected chi connectivity index (χ4v) is 2.64. The molecule has 1 aliphatic heterocycles. The van der Waals surface area contributed by atoms with Crippen molar-refractivity contribution in [3.63, 3.8) is 0 Å². The minimum atomic E-state index is -0.504. The first-order valence-electron chi connectivity index (χ1n) is 6.85. The van der Waals surface area contributed by atoms with E-state index in [9.17, 15) is 9.59 Å². The van der Waals surface area contributed by atoms with Crippen molar-refractivity contribution >= 4 is 17.5 Å². The van der Waals surface area contributed by atoms with Crippen LogP contribution in [0.15, 0.2) is 42.6 Å². The average Bonchev–Trinajstić information content (AvgIpc) is 3.09. The number of carbonyl (C=O) groups is 2. The van der Waals surface area contributed by atoms with Crippen molar-refractivity contribution < 1.29 is 9.59 Å². The van der Waals surface area contributed by atoms with E-state index in [1.807, 2.05) is 37.3 Å². The number of carbonyl (C=O) groups excluding carboxylic acids is 2. The van der Waals surface area contributed by atoms with Crippen molar-refractivity contribution in [3.8, 4) is 0 Å². The van der Waals surface area contributed by atoms with E-state index >= 15 is 0 Å². The molecule has 108 valence electrons. The molecule has 1 fully saturated rings. The van der Waals surface area contributed by atoms with Gasteiger partial charge in [0, 0.05) is 17.9 Å². The van der Waals surface area contributed by atoms with Crippen LogP contribution in [0.1, 0.15) is 23.8 Å².